The lowest BCUT2D eigenvalue weighted by molar-refractivity contribution is 0.316. The number of fused-ring (bicyclic) bond motifs is 1. The van der Waals surface area contributed by atoms with E-state index in [2.05, 4.69) is 0 Å². The molecule has 0 amide bonds. The molecule has 4 nitrogen and oxygen atoms in total. The number of halogens is 1. The van der Waals surface area contributed by atoms with Crippen molar-refractivity contribution >= 4 is 27.3 Å². The second kappa shape index (κ2) is 5.48. The van der Waals surface area contributed by atoms with Crippen LogP contribution in [-0.2, 0) is 10.0 Å². The Morgan fingerprint density at radius 1 is 1.14 bits per heavy atom. The molecule has 0 aliphatic carbocycles. The van der Waals surface area contributed by atoms with E-state index in [1.54, 1.807) is 37.3 Å². The van der Waals surface area contributed by atoms with Gasteiger partial charge in [-0.25, -0.2) is 8.42 Å². The maximum absolute atomic E-state index is 13.0. The van der Waals surface area contributed by atoms with Crippen molar-refractivity contribution < 1.29 is 13.2 Å². The van der Waals surface area contributed by atoms with Crippen LogP contribution in [0.5, 0.6) is 5.75 Å². The van der Waals surface area contributed by atoms with Crippen molar-refractivity contribution in [2.45, 2.75) is 18.7 Å². The SMILES string of the molecule is Cc1ccc(S(=O)(=O)N2CCOc3ccc(Cl)cc32)c(C)c1. The van der Waals surface area contributed by atoms with Crippen molar-refractivity contribution in [3.05, 3.63) is 52.5 Å². The van der Waals surface area contributed by atoms with Crippen LogP contribution in [0.25, 0.3) is 0 Å². The van der Waals surface area contributed by atoms with Gasteiger partial charge in [0.15, 0.2) is 0 Å². The van der Waals surface area contributed by atoms with Gasteiger partial charge in [-0.05, 0) is 43.7 Å². The molecule has 22 heavy (non-hydrogen) atoms. The molecule has 1 heterocycles. The van der Waals surface area contributed by atoms with Crippen LogP contribution in [0.3, 0.4) is 0 Å². The third-order valence-corrected chi connectivity index (χ3v) is 5.85. The third-order valence-electron chi connectivity index (χ3n) is 3.64. The van der Waals surface area contributed by atoms with E-state index >= 15 is 0 Å². The maximum atomic E-state index is 13.0. The minimum atomic E-state index is -3.64. The smallest absolute Gasteiger partial charge is 0.264 e. The van der Waals surface area contributed by atoms with Crippen LogP contribution in [-0.4, -0.2) is 21.6 Å². The Labute approximate surface area is 135 Å². The molecule has 0 spiro atoms. The Hall–Kier alpha value is -1.72. The predicted molar refractivity (Wildman–Crippen MR) is 87.4 cm³/mol. The van der Waals surface area contributed by atoms with E-state index < -0.39 is 10.0 Å². The van der Waals surface area contributed by atoms with E-state index in [1.807, 2.05) is 13.0 Å². The fraction of sp³-hybridized carbons (Fsp3) is 0.250. The van der Waals surface area contributed by atoms with Crippen LogP contribution in [0.1, 0.15) is 11.1 Å². The number of rotatable bonds is 2. The van der Waals surface area contributed by atoms with Gasteiger partial charge in [0.25, 0.3) is 10.0 Å². The molecule has 2 aromatic rings. The summed E-state index contributed by atoms with van der Waals surface area (Å²) < 4.78 is 32.9. The van der Waals surface area contributed by atoms with E-state index in [4.69, 9.17) is 16.3 Å². The number of ether oxygens (including phenoxy) is 1. The lowest BCUT2D eigenvalue weighted by Gasteiger charge is -2.31. The van der Waals surface area contributed by atoms with Crippen molar-refractivity contribution in [3.63, 3.8) is 0 Å². The van der Waals surface area contributed by atoms with Crippen molar-refractivity contribution in [2.75, 3.05) is 17.5 Å². The summed E-state index contributed by atoms with van der Waals surface area (Å²) in [6.07, 6.45) is 0. The van der Waals surface area contributed by atoms with Crippen LogP contribution in [0, 0.1) is 13.8 Å². The van der Waals surface area contributed by atoms with E-state index in [0.29, 0.717) is 28.0 Å². The van der Waals surface area contributed by atoms with E-state index in [9.17, 15) is 8.42 Å². The van der Waals surface area contributed by atoms with Crippen LogP contribution in [0.4, 0.5) is 5.69 Å². The zero-order valence-electron chi connectivity index (χ0n) is 12.3. The summed E-state index contributed by atoms with van der Waals surface area (Å²) in [6, 6.07) is 10.3. The summed E-state index contributed by atoms with van der Waals surface area (Å²) in [7, 11) is -3.64. The first-order valence-corrected chi connectivity index (χ1v) is 8.74. The molecule has 1 aliphatic heterocycles. The Balaban J connectivity index is 2.13. The molecule has 1 aliphatic rings. The standard InChI is InChI=1S/C16H16ClNO3S/c1-11-3-6-16(12(2)9-11)22(19,20)18-7-8-21-15-5-4-13(17)10-14(15)18/h3-6,9-10H,7-8H2,1-2H3. The second-order valence-electron chi connectivity index (χ2n) is 5.31. The van der Waals surface area contributed by atoms with E-state index in [1.165, 1.54) is 4.31 Å². The first kappa shape index (κ1) is 15.2. The van der Waals surface area contributed by atoms with Gasteiger partial charge in [0.05, 0.1) is 17.1 Å². The van der Waals surface area contributed by atoms with Crippen molar-refractivity contribution in [1.82, 2.24) is 0 Å². The van der Waals surface area contributed by atoms with Gasteiger partial charge >= 0.3 is 0 Å². The van der Waals surface area contributed by atoms with Gasteiger partial charge in [-0.3, -0.25) is 4.31 Å². The van der Waals surface area contributed by atoms with Gasteiger partial charge in [-0.2, -0.15) is 0 Å². The van der Waals surface area contributed by atoms with Crippen molar-refractivity contribution in [1.29, 1.82) is 0 Å². The molecule has 6 heteroatoms. The highest BCUT2D eigenvalue weighted by molar-refractivity contribution is 7.92. The topological polar surface area (TPSA) is 46.6 Å². The summed E-state index contributed by atoms with van der Waals surface area (Å²) in [5.41, 5.74) is 2.25. The highest BCUT2D eigenvalue weighted by Gasteiger charge is 2.31. The number of sulfonamides is 1. The van der Waals surface area contributed by atoms with Gasteiger partial charge in [-0.15, -0.1) is 0 Å². The zero-order chi connectivity index (χ0) is 15.9. The minimum absolute atomic E-state index is 0.267. The molecule has 0 radical (unpaired) electrons. The summed E-state index contributed by atoms with van der Waals surface area (Å²) in [4.78, 5) is 0.311. The number of hydrogen-bond donors (Lipinski definition) is 0. The number of anilines is 1. The molecule has 0 saturated carbocycles. The van der Waals surface area contributed by atoms with E-state index in [-0.39, 0.29) is 6.54 Å². The fourth-order valence-corrected chi connectivity index (χ4v) is 4.45. The molecule has 116 valence electrons. The van der Waals surface area contributed by atoms with Gasteiger partial charge in [0.1, 0.15) is 12.4 Å². The maximum Gasteiger partial charge on any atom is 0.264 e. The molecule has 0 bridgehead atoms. The average molecular weight is 338 g/mol. The highest BCUT2D eigenvalue weighted by atomic mass is 35.5. The first-order chi connectivity index (χ1) is 10.4. The van der Waals surface area contributed by atoms with Gasteiger partial charge < -0.3 is 4.74 Å². The predicted octanol–water partition coefficient (Wildman–Crippen LogP) is 3.54. The summed E-state index contributed by atoms with van der Waals surface area (Å²) >= 11 is 6.01. The van der Waals surface area contributed by atoms with Crippen molar-refractivity contribution in [2.24, 2.45) is 0 Å². The van der Waals surface area contributed by atoms with Crippen LogP contribution in [0.15, 0.2) is 41.3 Å². The molecule has 0 aromatic heterocycles. The molecule has 0 saturated heterocycles. The van der Waals surface area contributed by atoms with Crippen LogP contribution in [0.2, 0.25) is 5.02 Å². The molecule has 3 rings (SSSR count). The Bertz CT molecular complexity index is 833. The summed E-state index contributed by atoms with van der Waals surface area (Å²) in [5.74, 6) is 0.531. The molecular weight excluding hydrogens is 322 g/mol. The average Bonchev–Trinajstić information content (AvgIpc) is 2.46. The number of nitrogens with zero attached hydrogens (tertiary/aromatic N) is 1. The Kier molecular flexibility index (Phi) is 3.78. The molecular formula is C16H16ClNO3S. The van der Waals surface area contributed by atoms with Gasteiger partial charge in [0, 0.05) is 5.02 Å². The lowest BCUT2D eigenvalue weighted by Crippen LogP contribution is -2.38. The Morgan fingerprint density at radius 3 is 2.64 bits per heavy atom. The second-order valence-corrected chi connectivity index (χ2v) is 7.57. The number of aryl methyl sites for hydroxylation is 2. The normalized spacial score (nSPS) is 14.4. The summed E-state index contributed by atoms with van der Waals surface area (Å²) in [5, 5.41) is 0.477. The lowest BCUT2D eigenvalue weighted by atomic mass is 10.2. The van der Waals surface area contributed by atoms with E-state index in [0.717, 1.165) is 11.1 Å². The number of benzene rings is 2. The zero-order valence-corrected chi connectivity index (χ0v) is 13.9. The molecule has 0 unspecified atom stereocenters. The monoisotopic (exact) mass is 337 g/mol. The summed E-state index contributed by atoms with van der Waals surface area (Å²) in [6.45, 7) is 4.33. The molecule has 0 N–H and O–H groups in total. The molecule has 0 fully saturated rings. The third kappa shape index (κ3) is 2.55. The molecule has 2 aromatic carbocycles. The fourth-order valence-electron chi connectivity index (χ4n) is 2.62. The van der Waals surface area contributed by atoms with Crippen LogP contribution >= 0.6 is 11.6 Å². The largest absolute Gasteiger partial charge is 0.489 e. The van der Waals surface area contributed by atoms with Gasteiger partial charge in [-0.1, -0.05) is 29.3 Å². The van der Waals surface area contributed by atoms with Crippen LogP contribution < -0.4 is 9.04 Å². The van der Waals surface area contributed by atoms with Gasteiger partial charge in [0.2, 0.25) is 0 Å². The quantitative estimate of drug-likeness (QED) is 0.842. The first-order valence-electron chi connectivity index (χ1n) is 6.92. The highest BCUT2D eigenvalue weighted by Crippen LogP contribution is 2.37. The Morgan fingerprint density at radius 2 is 1.91 bits per heavy atom. The minimum Gasteiger partial charge on any atom is -0.489 e. The molecule has 0 atom stereocenters. The number of hydrogen-bond acceptors (Lipinski definition) is 3. The van der Waals surface area contributed by atoms with Crippen molar-refractivity contribution in [3.8, 4) is 5.75 Å².